The lowest BCUT2D eigenvalue weighted by Gasteiger charge is -2.14. The molecule has 0 atom stereocenters. The smallest absolute Gasteiger partial charge is 0.260 e. The van der Waals surface area contributed by atoms with Crippen molar-refractivity contribution in [1.29, 1.82) is 0 Å². The van der Waals surface area contributed by atoms with Gasteiger partial charge in [-0.3, -0.25) is 10.0 Å². The number of carbonyl (C=O) groups is 1. The first kappa shape index (κ1) is 22.4. The number of hydrogen-bond acceptors (Lipinski definition) is 3. The first-order valence-corrected chi connectivity index (χ1v) is 9.97. The molecule has 0 aliphatic rings. The first-order valence-electron chi connectivity index (χ1n) is 9.97. The Hall–Kier alpha value is -0.610. The Bertz CT molecular complexity index is 260. The second kappa shape index (κ2) is 17.7. The van der Waals surface area contributed by atoms with Gasteiger partial charge in [0, 0.05) is 13.0 Å². The molecule has 0 aromatic carbocycles. The van der Waals surface area contributed by atoms with Crippen LogP contribution in [-0.4, -0.2) is 22.8 Å². The minimum Gasteiger partial charge on any atom is -0.271 e. The Morgan fingerprint density at radius 2 is 1.13 bits per heavy atom. The van der Waals surface area contributed by atoms with Crippen molar-refractivity contribution in [3.05, 3.63) is 0 Å². The van der Waals surface area contributed by atoms with Gasteiger partial charge in [-0.05, 0) is 6.42 Å². The van der Waals surface area contributed by atoms with Gasteiger partial charge in [-0.15, -0.1) is 0 Å². The Morgan fingerprint density at radius 3 is 1.52 bits per heavy atom. The molecule has 0 spiro atoms. The summed E-state index contributed by atoms with van der Waals surface area (Å²) in [5.74, 6) is -0.282. The molecule has 0 bridgehead atoms. The number of amides is 1. The van der Waals surface area contributed by atoms with E-state index in [-0.39, 0.29) is 5.91 Å². The van der Waals surface area contributed by atoms with E-state index in [1.807, 2.05) is 0 Å². The van der Waals surface area contributed by atoms with Crippen molar-refractivity contribution < 1.29 is 10.0 Å². The van der Waals surface area contributed by atoms with Crippen molar-refractivity contribution in [3.8, 4) is 0 Å². The fraction of sp³-hybridized carbons (Fsp3) is 0.947. The summed E-state index contributed by atoms with van der Waals surface area (Å²) in [6.45, 7) is 4.67. The third-order valence-electron chi connectivity index (χ3n) is 4.33. The average Bonchev–Trinajstić information content (AvgIpc) is 2.57. The van der Waals surface area contributed by atoms with Gasteiger partial charge in [-0.1, -0.05) is 97.3 Å². The van der Waals surface area contributed by atoms with E-state index in [0.717, 1.165) is 6.42 Å². The van der Waals surface area contributed by atoms with E-state index in [1.165, 1.54) is 83.5 Å². The van der Waals surface area contributed by atoms with Crippen LogP contribution in [0.15, 0.2) is 0 Å². The highest BCUT2D eigenvalue weighted by Crippen LogP contribution is 2.12. The summed E-state index contributed by atoms with van der Waals surface area (Å²) in [5, 5.41) is 9.92. The van der Waals surface area contributed by atoms with Crippen molar-refractivity contribution in [3.63, 3.8) is 0 Å². The van der Waals surface area contributed by atoms with E-state index in [2.05, 4.69) is 12.3 Å². The van der Waals surface area contributed by atoms with Gasteiger partial charge in [0.1, 0.15) is 0 Å². The number of nitrogens with zero attached hydrogens (tertiary/aromatic N) is 1. The van der Waals surface area contributed by atoms with Crippen molar-refractivity contribution in [2.75, 3.05) is 6.54 Å². The lowest BCUT2D eigenvalue weighted by Crippen LogP contribution is -2.40. The first-order chi connectivity index (χ1) is 11.2. The lowest BCUT2D eigenvalue weighted by atomic mass is 10.0. The third kappa shape index (κ3) is 16.0. The van der Waals surface area contributed by atoms with Crippen molar-refractivity contribution >= 4 is 5.91 Å². The van der Waals surface area contributed by atoms with Crippen LogP contribution in [0.2, 0.25) is 0 Å². The summed E-state index contributed by atoms with van der Waals surface area (Å²) >= 11 is 0. The monoisotopic (exact) mass is 328 g/mol. The van der Waals surface area contributed by atoms with Gasteiger partial charge in [0.05, 0.1) is 0 Å². The van der Waals surface area contributed by atoms with Crippen molar-refractivity contribution in [2.45, 2.75) is 110 Å². The predicted octanol–water partition coefficient (Wildman–Crippen LogP) is 5.60. The molecule has 2 N–H and O–H groups in total. The number of rotatable bonds is 17. The summed E-state index contributed by atoms with van der Waals surface area (Å²) in [6, 6.07) is 0. The molecule has 0 rings (SSSR count). The van der Waals surface area contributed by atoms with Crippen LogP contribution < -0.4 is 5.43 Å². The van der Waals surface area contributed by atoms with Gasteiger partial charge in [-0.2, -0.15) is 5.17 Å². The third-order valence-corrected chi connectivity index (χ3v) is 4.33. The van der Waals surface area contributed by atoms with E-state index in [4.69, 9.17) is 0 Å². The number of unbranched alkanes of at least 4 members (excludes halogenated alkanes) is 13. The molecule has 0 aromatic rings. The summed E-state index contributed by atoms with van der Waals surface area (Å²) in [6.07, 6.45) is 19.0. The maximum Gasteiger partial charge on any atom is 0.260 e. The predicted molar refractivity (Wildman–Crippen MR) is 97.2 cm³/mol. The molecule has 0 unspecified atom stereocenters. The Balaban J connectivity index is 3.09. The zero-order valence-corrected chi connectivity index (χ0v) is 15.6. The zero-order chi connectivity index (χ0) is 17.2. The fourth-order valence-corrected chi connectivity index (χ4v) is 2.74. The highest BCUT2D eigenvalue weighted by Gasteiger charge is 2.05. The van der Waals surface area contributed by atoms with Crippen LogP contribution in [-0.2, 0) is 4.79 Å². The Morgan fingerprint density at radius 1 is 0.739 bits per heavy atom. The van der Waals surface area contributed by atoms with Crippen LogP contribution in [0, 0.1) is 0 Å². The molecule has 4 nitrogen and oxygen atoms in total. The lowest BCUT2D eigenvalue weighted by molar-refractivity contribution is -0.179. The standard InChI is InChI=1S/C19H40N2O2/c1-3-5-6-7-8-9-10-11-12-13-14-15-16-17-18-20-21(23)19(22)4-2/h20,23H,3-18H2,1-2H3. The molecule has 4 heteroatoms. The molecular formula is C19H40N2O2. The fourth-order valence-electron chi connectivity index (χ4n) is 2.74. The largest absolute Gasteiger partial charge is 0.271 e. The van der Waals surface area contributed by atoms with Gasteiger partial charge >= 0.3 is 0 Å². The van der Waals surface area contributed by atoms with Gasteiger partial charge < -0.3 is 0 Å². The number of hydrogen-bond donors (Lipinski definition) is 2. The molecule has 1 amide bonds. The maximum atomic E-state index is 11.1. The van der Waals surface area contributed by atoms with E-state index < -0.39 is 0 Å². The van der Waals surface area contributed by atoms with Crippen molar-refractivity contribution in [2.24, 2.45) is 0 Å². The minimum absolute atomic E-state index is 0.282. The van der Waals surface area contributed by atoms with E-state index in [1.54, 1.807) is 6.92 Å². The normalized spacial score (nSPS) is 10.9. The SMILES string of the molecule is CCCCCCCCCCCCCCCCNN(O)C(=O)CC. The Kier molecular flexibility index (Phi) is 17.3. The molecule has 0 saturated heterocycles. The van der Waals surface area contributed by atoms with Crippen LogP contribution in [0.3, 0.4) is 0 Å². The summed E-state index contributed by atoms with van der Waals surface area (Å²) in [4.78, 5) is 11.1. The summed E-state index contributed by atoms with van der Waals surface area (Å²) in [5.41, 5.74) is 2.72. The maximum absolute atomic E-state index is 11.1. The quantitative estimate of drug-likeness (QED) is 0.207. The second-order valence-electron chi connectivity index (χ2n) is 6.56. The van der Waals surface area contributed by atoms with Gasteiger partial charge in [0.15, 0.2) is 0 Å². The topological polar surface area (TPSA) is 52.6 Å². The Labute approximate surface area is 143 Å². The average molecular weight is 329 g/mol. The summed E-state index contributed by atoms with van der Waals surface area (Å²) < 4.78 is 0. The highest BCUT2D eigenvalue weighted by molar-refractivity contribution is 5.73. The van der Waals surface area contributed by atoms with Gasteiger partial charge in [0.2, 0.25) is 0 Å². The molecule has 0 aliphatic carbocycles. The van der Waals surface area contributed by atoms with Gasteiger partial charge in [-0.25, -0.2) is 5.43 Å². The van der Waals surface area contributed by atoms with E-state index in [9.17, 15) is 10.0 Å². The van der Waals surface area contributed by atoms with Crippen LogP contribution in [0.1, 0.15) is 110 Å². The zero-order valence-electron chi connectivity index (χ0n) is 15.6. The van der Waals surface area contributed by atoms with Crippen LogP contribution in [0.25, 0.3) is 0 Å². The summed E-state index contributed by atoms with van der Waals surface area (Å²) in [7, 11) is 0. The molecule has 23 heavy (non-hydrogen) atoms. The number of carbonyl (C=O) groups excluding carboxylic acids is 1. The number of nitrogens with one attached hydrogen (secondary N) is 1. The van der Waals surface area contributed by atoms with Crippen LogP contribution >= 0.6 is 0 Å². The molecular weight excluding hydrogens is 288 g/mol. The van der Waals surface area contributed by atoms with Crippen molar-refractivity contribution in [1.82, 2.24) is 10.6 Å². The molecule has 138 valence electrons. The second-order valence-corrected chi connectivity index (χ2v) is 6.56. The molecule has 0 radical (unpaired) electrons. The number of hydrazine groups is 1. The molecule has 0 fully saturated rings. The number of hydroxylamine groups is 1. The minimum atomic E-state index is -0.282. The highest BCUT2D eigenvalue weighted by atomic mass is 16.6. The van der Waals surface area contributed by atoms with E-state index in [0.29, 0.717) is 18.1 Å². The molecule has 0 aromatic heterocycles. The van der Waals surface area contributed by atoms with Gasteiger partial charge in [0.25, 0.3) is 5.91 Å². The van der Waals surface area contributed by atoms with Crippen LogP contribution in [0.4, 0.5) is 0 Å². The molecule has 0 aliphatic heterocycles. The van der Waals surface area contributed by atoms with Crippen LogP contribution in [0.5, 0.6) is 0 Å². The molecule has 0 saturated carbocycles. The van der Waals surface area contributed by atoms with E-state index >= 15 is 0 Å². The molecule has 0 heterocycles.